The van der Waals surface area contributed by atoms with Crippen molar-refractivity contribution in [2.75, 3.05) is 13.1 Å². The number of nitrogens with one attached hydrogen (secondary N) is 8. The average Bonchev–Trinajstić information content (AvgIpc) is 4.14. The van der Waals surface area contributed by atoms with E-state index in [-0.39, 0.29) is 42.5 Å². The summed E-state index contributed by atoms with van der Waals surface area (Å²) in [6, 6.07) is 11.4. The Morgan fingerprint density at radius 3 is 2.09 bits per heavy atom. The molecule has 5 aromatic rings. The second-order valence-electron chi connectivity index (χ2n) is 20.3. The molecule has 2 unspecified atom stereocenters. The van der Waals surface area contributed by atoms with Crippen LogP contribution in [0.15, 0.2) is 73.4 Å². The summed E-state index contributed by atoms with van der Waals surface area (Å²) in [5, 5.41) is 17.8. The Morgan fingerprint density at radius 2 is 1.38 bits per heavy atom. The molecule has 356 valence electrons. The number of benzene rings is 2. The molecule has 3 aliphatic carbocycles. The summed E-state index contributed by atoms with van der Waals surface area (Å²) in [5.74, 6) is -2.75. The molecule has 17 heteroatoms. The van der Waals surface area contributed by atoms with E-state index < -0.39 is 58.9 Å². The standard InChI is InChI=1S/C51H61N11O6/c63-44-39(20-31-24-54-37-13-4-2-11-35(31)37)57-46(65)43-22-30-10-1-6-15-41(30)62(43)47(66)42-16-9-19-61(42)49(68)51(23-33(51)26-52-27-34-28-53-29-56-34)60-45(64)40(58-48(67)50(59-44)17-7-8-18-50)21-32-25-55-38-14-5-3-12-36(32)38/h2-5,11-14,24-25,28-30,33,39-43,52,54-55H,1,6-10,15-23,26-27H2,(H,53,56)(H,57,65)(H,58,67)(H,59,63)(H,60,64)/t30-,33+,39-,40-,41?,42+,43-,51?/m0/s1. The van der Waals surface area contributed by atoms with Gasteiger partial charge < -0.3 is 51.3 Å². The van der Waals surface area contributed by atoms with Crippen LogP contribution in [0, 0.1) is 11.8 Å². The van der Waals surface area contributed by atoms with Crippen molar-refractivity contribution in [3.05, 3.63) is 90.3 Å². The highest BCUT2D eigenvalue weighted by atomic mass is 16.2. The van der Waals surface area contributed by atoms with Crippen LogP contribution in [0.5, 0.6) is 0 Å². The predicted molar refractivity (Wildman–Crippen MR) is 252 cm³/mol. The topological polar surface area (TPSA) is 229 Å². The molecule has 68 heavy (non-hydrogen) atoms. The lowest BCUT2D eigenvalue weighted by Crippen LogP contribution is -2.66. The molecule has 11 rings (SSSR count). The van der Waals surface area contributed by atoms with Crippen LogP contribution in [0.1, 0.15) is 93.9 Å². The number of hydrogen-bond acceptors (Lipinski definition) is 8. The van der Waals surface area contributed by atoms with E-state index in [4.69, 9.17) is 0 Å². The Bertz CT molecular complexity index is 2740. The van der Waals surface area contributed by atoms with E-state index in [2.05, 4.69) is 46.5 Å². The third-order valence-electron chi connectivity index (χ3n) is 16.2. The predicted octanol–water partition coefficient (Wildman–Crippen LogP) is 3.39. The quantitative estimate of drug-likeness (QED) is 0.115. The highest BCUT2D eigenvalue weighted by Crippen LogP contribution is 2.47. The lowest BCUT2D eigenvalue weighted by atomic mass is 9.84. The summed E-state index contributed by atoms with van der Waals surface area (Å²) < 4.78 is 0. The van der Waals surface area contributed by atoms with Gasteiger partial charge in [-0.3, -0.25) is 28.8 Å². The molecule has 3 saturated carbocycles. The zero-order valence-electron chi connectivity index (χ0n) is 38.3. The zero-order valence-corrected chi connectivity index (χ0v) is 38.3. The van der Waals surface area contributed by atoms with E-state index in [1.165, 1.54) is 0 Å². The Morgan fingerprint density at radius 1 is 0.706 bits per heavy atom. The molecule has 8 N–H and O–H groups in total. The molecule has 6 fully saturated rings. The second kappa shape index (κ2) is 17.9. The number of carbonyl (C=O) groups is 6. The van der Waals surface area contributed by atoms with Gasteiger partial charge in [0.25, 0.3) is 0 Å². The summed E-state index contributed by atoms with van der Waals surface area (Å²) in [4.78, 5) is 108. The highest BCUT2D eigenvalue weighted by Gasteiger charge is 2.64. The third kappa shape index (κ3) is 8.01. The van der Waals surface area contributed by atoms with Crippen LogP contribution in [0.25, 0.3) is 21.8 Å². The number of aromatic nitrogens is 4. The normalized spacial score (nSPS) is 29.9. The Kier molecular flexibility index (Phi) is 11.6. The van der Waals surface area contributed by atoms with Gasteiger partial charge >= 0.3 is 0 Å². The molecule has 6 aliphatic rings. The van der Waals surface area contributed by atoms with E-state index in [1.807, 2.05) is 60.9 Å². The molecule has 6 heterocycles. The largest absolute Gasteiger partial charge is 0.361 e. The van der Waals surface area contributed by atoms with E-state index in [0.717, 1.165) is 64.3 Å². The van der Waals surface area contributed by atoms with E-state index in [0.29, 0.717) is 71.0 Å². The number of H-pyrrole nitrogens is 3. The fourth-order valence-corrected chi connectivity index (χ4v) is 12.6. The number of para-hydroxylation sites is 2. The summed E-state index contributed by atoms with van der Waals surface area (Å²) in [6.45, 7) is 1.19. The molecule has 8 atom stereocenters. The first kappa shape index (κ1) is 44.0. The molecular formula is C51H61N11O6. The van der Waals surface area contributed by atoms with Crippen LogP contribution in [0.3, 0.4) is 0 Å². The maximum absolute atomic E-state index is 15.4. The van der Waals surface area contributed by atoms with Gasteiger partial charge in [0.1, 0.15) is 35.2 Å². The highest BCUT2D eigenvalue weighted by molar-refractivity contribution is 6.02. The fraction of sp³-hybridized carbons (Fsp3) is 0.510. The SMILES string of the molecule is O=C1NC2(CCCC2)C(=O)N[C@@H](Cc2c[nH]c3ccccc23)C(=O)NC2(C[C@@H]2CNCc2cnc[nH]2)C(=O)N2CCC[C@@H]2C(=O)N2C3CCCC[C@H]3C[C@H]2C(=O)N[C@H]1Cc1c[nH]c2ccccc12. The van der Waals surface area contributed by atoms with E-state index in [1.54, 1.807) is 22.3 Å². The number of rotatable bonds is 8. The minimum absolute atomic E-state index is 0.0988. The smallest absolute Gasteiger partial charge is 0.249 e. The molecule has 2 spiro atoms. The van der Waals surface area contributed by atoms with Crippen molar-refractivity contribution in [1.29, 1.82) is 0 Å². The number of hydrogen-bond donors (Lipinski definition) is 8. The van der Waals surface area contributed by atoms with Crippen molar-refractivity contribution in [1.82, 2.24) is 56.3 Å². The Hall–Kier alpha value is -6.49. The number of carbonyl (C=O) groups excluding carboxylic acids is 6. The Labute approximate surface area is 394 Å². The van der Waals surface area contributed by atoms with Gasteiger partial charge in [-0.25, -0.2) is 4.98 Å². The van der Waals surface area contributed by atoms with Crippen LogP contribution < -0.4 is 26.6 Å². The number of aromatic amines is 3. The van der Waals surface area contributed by atoms with Crippen molar-refractivity contribution in [3.8, 4) is 0 Å². The van der Waals surface area contributed by atoms with Gasteiger partial charge in [0, 0.05) is 90.5 Å². The minimum atomic E-state index is -1.39. The molecule has 17 nitrogen and oxygen atoms in total. The molecule has 3 saturated heterocycles. The van der Waals surface area contributed by atoms with Gasteiger partial charge in [0.2, 0.25) is 35.4 Å². The lowest BCUT2D eigenvalue weighted by molar-refractivity contribution is -0.151. The molecule has 3 aliphatic heterocycles. The van der Waals surface area contributed by atoms with Crippen molar-refractivity contribution < 1.29 is 28.8 Å². The van der Waals surface area contributed by atoms with Gasteiger partial charge in [-0.2, -0.15) is 0 Å². The van der Waals surface area contributed by atoms with Crippen molar-refractivity contribution in [2.24, 2.45) is 11.8 Å². The summed E-state index contributed by atoms with van der Waals surface area (Å²) in [7, 11) is 0. The number of nitrogens with zero attached hydrogens (tertiary/aromatic N) is 3. The minimum Gasteiger partial charge on any atom is -0.361 e. The molecule has 0 bridgehead atoms. The van der Waals surface area contributed by atoms with Gasteiger partial charge in [0.15, 0.2) is 0 Å². The summed E-state index contributed by atoms with van der Waals surface area (Å²) in [5.41, 5.74) is 1.50. The first-order valence-corrected chi connectivity index (χ1v) is 24.8. The number of imidazole rings is 1. The maximum Gasteiger partial charge on any atom is 0.249 e. The van der Waals surface area contributed by atoms with Gasteiger partial charge in [-0.15, -0.1) is 0 Å². The van der Waals surface area contributed by atoms with Gasteiger partial charge in [-0.1, -0.05) is 62.1 Å². The number of fused-ring (bicyclic) bond motifs is 6. The summed E-state index contributed by atoms with van der Waals surface area (Å²) >= 11 is 0. The Balaban J connectivity index is 0.984. The molecular weight excluding hydrogens is 863 g/mol. The van der Waals surface area contributed by atoms with Crippen molar-refractivity contribution >= 4 is 57.2 Å². The second-order valence-corrected chi connectivity index (χ2v) is 20.3. The molecule has 6 amide bonds. The first-order valence-electron chi connectivity index (χ1n) is 24.8. The van der Waals surface area contributed by atoms with Crippen molar-refractivity contribution in [2.45, 2.75) is 138 Å². The summed E-state index contributed by atoms with van der Waals surface area (Å²) in [6.07, 6.45) is 14.6. The fourth-order valence-electron chi connectivity index (χ4n) is 12.6. The van der Waals surface area contributed by atoms with Crippen LogP contribution >= 0.6 is 0 Å². The monoisotopic (exact) mass is 923 g/mol. The average molecular weight is 924 g/mol. The van der Waals surface area contributed by atoms with Gasteiger partial charge in [-0.05, 0) is 80.5 Å². The zero-order chi connectivity index (χ0) is 46.6. The van der Waals surface area contributed by atoms with Crippen LogP contribution in [-0.4, -0.2) is 120 Å². The van der Waals surface area contributed by atoms with Crippen LogP contribution in [0.4, 0.5) is 0 Å². The third-order valence-corrected chi connectivity index (χ3v) is 16.2. The van der Waals surface area contributed by atoms with Gasteiger partial charge in [0.05, 0.1) is 6.33 Å². The molecule has 2 aromatic carbocycles. The first-order chi connectivity index (χ1) is 33.1. The van der Waals surface area contributed by atoms with E-state index >= 15 is 28.8 Å². The molecule has 3 aromatic heterocycles. The maximum atomic E-state index is 15.4. The number of amides is 6. The van der Waals surface area contributed by atoms with Crippen LogP contribution in [-0.2, 0) is 48.2 Å². The van der Waals surface area contributed by atoms with Crippen molar-refractivity contribution in [3.63, 3.8) is 0 Å². The van der Waals surface area contributed by atoms with Crippen LogP contribution in [0.2, 0.25) is 0 Å². The van der Waals surface area contributed by atoms with E-state index in [9.17, 15) is 0 Å². The molecule has 0 radical (unpaired) electrons. The lowest BCUT2D eigenvalue weighted by Gasteiger charge is -2.38.